The lowest BCUT2D eigenvalue weighted by atomic mass is 10.0. The van der Waals surface area contributed by atoms with Crippen LogP contribution < -0.4 is 5.73 Å². The van der Waals surface area contributed by atoms with Crippen molar-refractivity contribution in [2.75, 3.05) is 6.54 Å². The van der Waals surface area contributed by atoms with Crippen molar-refractivity contribution < 1.29 is 0 Å². The summed E-state index contributed by atoms with van der Waals surface area (Å²) in [4.78, 5) is 0. The fourth-order valence-corrected chi connectivity index (χ4v) is 2.74. The second kappa shape index (κ2) is 7.06. The quantitative estimate of drug-likeness (QED) is 0.663. The monoisotopic (exact) mass is 287 g/mol. The number of benzene rings is 3. The second-order valence-electron chi connectivity index (χ2n) is 5.54. The van der Waals surface area contributed by atoms with Gasteiger partial charge in [-0.25, -0.2) is 0 Å². The molecule has 0 radical (unpaired) electrons. The Morgan fingerprint density at radius 1 is 0.818 bits per heavy atom. The lowest BCUT2D eigenvalue weighted by Gasteiger charge is -2.03. The van der Waals surface area contributed by atoms with Gasteiger partial charge in [0.1, 0.15) is 0 Å². The Morgan fingerprint density at radius 3 is 2.55 bits per heavy atom. The lowest BCUT2D eigenvalue weighted by molar-refractivity contribution is 0.832. The minimum Gasteiger partial charge on any atom is -0.330 e. The molecule has 1 heteroatoms. The predicted octanol–water partition coefficient (Wildman–Crippen LogP) is 4.90. The molecule has 0 bridgehead atoms. The van der Waals surface area contributed by atoms with Gasteiger partial charge in [-0.15, -0.1) is 0 Å². The van der Waals surface area contributed by atoms with E-state index in [-0.39, 0.29) is 0 Å². The molecular formula is C21H21N. The highest BCUT2D eigenvalue weighted by molar-refractivity contribution is 5.92. The predicted molar refractivity (Wildman–Crippen MR) is 96.7 cm³/mol. The van der Waals surface area contributed by atoms with Gasteiger partial charge >= 0.3 is 0 Å². The van der Waals surface area contributed by atoms with Crippen molar-refractivity contribution in [3.8, 4) is 0 Å². The fourth-order valence-electron chi connectivity index (χ4n) is 2.74. The lowest BCUT2D eigenvalue weighted by Crippen LogP contribution is -2.00. The molecule has 0 amide bonds. The number of nitrogens with two attached hydrogens (primary N) is 1. The largest absolute Gasteiger partial charge is 0.330 e. The summed E-state index contributed by atoms with van der Waals surface area (Å²) in [6.07, 6.45) is 6.47. The van der Waals surface area contributed by atoms with Gasteiger partial charge in [-0.2, -0.15) is 0 Å². The van der Waals surface area contributed by atoms with Crippen molar-refractivity contribution in [3.63, 3.8) is 0 Å². The Hall–Kier alpha value is -2.38. The van der Waals surface area contributed by atoms with Crippen LogP contribution >= 0.6 is 0 Å². The molecule has 22 heavy (non-hydrogen) atoms. The first-order valence-corrected chi connectivity index (χ1v) is 7.82. The van der Waals surface area contributed by atoms with Crippen LogP contribution in [0.15, 0.2) is 66.7 Å². The first kappa shape index (κ1) is 14.6. The van der Waals surface area contributed by atoms with Crippen LogP contribution in [0.1, 0.15) is 23.1 Å². The van der Waals surface area contributed by atoms with E-state index in [9.17, 15) is 0 Å². The van der Waals surface area contributed by atoms with Gasteiger partial charge in [0.15, 0.2) is 0 Å². The highest BCUT2D eigenvalue weighted by atomic mass is 14.5. The van der Waals surface area contributed by atoms with Gasteiger partial charge in [-0.3, -0.25) is 0 Å². The molecule has 0 spiro atoms. The van der Waals surface area contributed by atoms with Gasteiger partial charge in [0.05, 0.1) is 0 Å². The topological polar surface area (TPSA) is 26.0 Å². The summed E-state index contributed by atoms with van der Waals surface area (Å²) < 4.78 is 0. The van der Waals surface area contributed by atoms with E-state index in [1.54, 1.807) is 0 Å². The van der Waals surface area contributed by atoms with E-state index < -0.39 is 0 Å². The maximum absolute atomic E-state index is 5.59. The van der Waals surface area contributed by atoms with Crippen molar-refractivity contribution in [1.82, 2.24) is 0 Å². The molecule has 0 fully saturated rings. The van der Waals surface area contributed by atoms with Gasteiger partial charge < -0.3 is 5.73 Å². The summed E-state index contributed by atoms with van der Waals surface area (Å²) >= 11 is 0. The molecule has 0 aromatic heterocycles. The highest BCUT2D eigenvalue weighted by Crippen LogP contribution is 2.21. The molecule has 110 valence electrons. The molecule has 0 heterocycles. The molecule has 0 aliphatic carbocycles. The van der Waals surface area contributed by atoms with Crippen LogP contribution in [-0.2, 0) is 6.42 Å². The standard InChI is InChI=1S/C21H21N/c22-15-5-8-17-6-3-7-18(16-17)13-14-20-11-4-10-19-9-1-2-12-21(19)20/h1-4,6-7,9-14,16H,5,8,15,22H2. The zero-order chi connectivity index (χ0) is 15.2. The van der Waals surface area contributed by atoms with Crippen LogP contribution in [-0.4, -0.2) is 6.54 Å². The molecule has 0 saturated carbocycles. The van der Waals surface area contributed by atoms with Crippen LogP contribution in [0, 0.1) is 0 Å². The molecule has 1 nitrogen and oxygen atoms in total. The first-order valence-electron chi connectivity index (χ1n) is 7.82. The Labute approximate surface area is 132 Å². The van der Waals surface area contributed by atoms with Gasteiger partial charge in [0.2, 0.25) is 0 Å². The normalized spacial score (nSPS) is 11.3. The van der Waals surface area contributed by atoms with Gasteiger partial charge in [-0.05, 0) is 46.8 Å². The Balaban J connectivity index is 1.87. The molecule has 2 N–H and O–H groups in total. The molecule has 3 aromatic rings. The molecular weight excluding hydrogens is 266 g/mol. The zero-order valence-electron chi connectivity index (χ0n) is 12.7. The van der Waals surface area contributed by atoms with Gasteiger partial charge in [0, 0.05) is 0 Å². The third-order valence-corrected chi connectivity index (χ3v) is 3.90. The van der Waals surface area contributed by atoms with Crippen molar-refractivity contribution in [1.29, 1.82) is 0 Å². The van der Waals surface area contributed by atoms with Crippen LogP contribution in [0.2, 0.25) is 0 Å². The maximum Gasteiger partial charge on any atom is -0.00741 e. The molecule has 0 unspecified atom stereocenters. The van der Waals surface area contributed by atoms with E-state index >= 15 is 0 Å². The molecule has 0 atom stereocenters. The average molecular weight is 287 g/mol. The summed E-state index contributed by atoms with van der Waals surface area (Å²) in [6, 6.07) is 23.6. The second-order valence-corrected chi connectivity index (χ2v) is 5.54. The Bertz CT molecular complexity index is 781. The minimum atomic E-state index is 0.746. The number of hydrogen-bond acceptors (Lipinski definition) is 1. The van der Waals surface area contributed by atoms with Crippen molar-refractivity contribution in [2.24, 2.45) is 5.73 Å². The van der Waals surface area contributed by atoms with Crippen molar-refractivity contribution >= 4 is 22.9 Å². The fraction of sp³-hybridized carbons (Fsp3) is 0.143. The van der Waals surface area contributed by atoms with Gasteiger partial charge in [-0.1, -0.05) is 78.9 Å². The molecule has 3 rings (SSSR count). The minimum absolute atomic E-state index is 0.746. The van der Waals surface area contributed by atoms with Crippen LogP contribution in [0.3, 0.4) is 0 Å². The average Bonchev–Trinajstić information content (AvgIpc) is 2.58. The first-order chi connectivity index (χ1) is 10.9. The van der Waals surface area contributed by atoms with E-state index in [0.717, 1.165) is 19.4 Å². The highest BCUT2D eigenvalue weighted by Gasteiger charge is 1.97. The summed E-state index contributed by atoms with van der Waals surface area (Å²) in [6.45, 7) is 0.746. The summed E-state index contributed by atoms with van der Waals surface area (Å²) in [7, 11) is 0. The number of aryl methyl sites for hydroxylation is 1. The summed E-state index contributed by atoms with van der Waals surface area (Å²) in [5, 5.41) is 2.57. The summed E-state index contributed by atoms with van der Waals surface area (Å²) in [5.74, 6) is 0. The third kappa shape index (κ3) is 3.44. The Morgan fingerprint density at radius 2 is 1.64 bits per heavy atom. The maximum atomic E-state index is 5.59. The number of rotatable bonds is 5. The number of fused-ring (bicyclic) bond motifs is 1. The molecule has 0 aliphatic rings. The smallest absolute Gasteiger partial charge is 0.00741 e. The summed E-state index contributed by atoms with van der Waals surface area (Å²) in [5.41, 5.74) is 9.43. The van der Waals surface area contributed by atoms with Crippen LogP contribution in [0.4, 0.5) is 0 Å². The molecule has 3 aromatic carbocycles. The SMILES string of the molecule is NCCCc1cccc(C=Cc2cccc3ccccc23)c1. The van der Waals surface area contributed by atoms with Crippen LogP contribution in [0.25, 0.3) is 22.9 Å². The Kier molecular flexibility index (Phi) is 4.67. The third-order valence-electron chi connectivity index (χ3n) is 3.90. The van der Waals surface area contributed by atoms with Crippen LogP contribution in [0.5, 0.6) is 0 Å². The van der Waals surface area contributed by atoms with E-state index in [2.05, 4.69) is 78.9 Å². The van der Waals surface area contributed by atoms with Crippen molar-refractivity contribution in [3.05, 3.63) is 83.4 Å². The molecule has 0 saturated heterocycles. The van der Waals surface area contributed by atoms with Gasteiger partial charge in [0.25, 0.3) is 0 Å². The van der Waals surface area contributed by atoms with E-state index in [1.165, 1.54) is 27.5 Å². The van der Waals surface area contributed by atoms with Crippen molar-refractivity contribution in [2.45, 2.75) is 12.8 Å². The number of hydrogen-bond donors (Lipinski definition) is 1. The molecule has 0 aliphatic heterocycles. The van der Waals surface area contributed by atoms with E-state index in [4.69, 9.17) is 5.73 Å². The van der Waals surface area contributed by atoms with E-state index in [1.807, 2.05) is 0 Å². The zero-order valence-corrected chi connectivity index (χ0v) is 12.7. The van der Waals surface area contributed by atoms with E-state index in [0.29, 0.717) is 0 Å².